The third kappa shape index (κ3) is 8.22. The maximum absolute atomic E-state index is 13.4. The number of nitrogens with one attached hydrogen (secondary N) is 2. The first kappa shape index (κ1) is 32.1. The summed E-state index contributed by atoms with van der Waals surface area (Å²) in [5, 5.41) is 6.22. The lowest BCUT2D eigenvalue weighted by molar-refractivity contribution is -0.138. The number of rotatable bonds is 5. The Morgan fingerprint density at radius 1 is 1.05 bits per heavy atom. The van der Waals surface area contributed by atoms with E-state index in [2.05, 4.69) is 26.6 Å². The van der Waals surface area contributed by atoms with Gasteiger partial charge in [-0.05, 0) is 81.8 Å². The molecule has 5 rings (SSSR count). The number of piperidine rings is 2. The van der Waals surface area contributed by atoms with E-state index in [1.165, 1.54) is 11.6 Å². The molecule has 0 radical (unpaired) electrons. The van der Waals surface area contributed by atoms with E-state index in [0.29, 0.717) is 45.1 Å². The average Bonchev–Trinajstić information content (AvgIpc) is 3.04. The first-order valence-electron chi connectivity index (χ1n) is 16.0. The highest BCUT2D eigenvalue weighted by atomic mass is 19.4. The molecule has 1 aromatic heterocycles. The molecule has 0 aliphatic carbocycles. The van der Waals surface area contributed by atoms with E-state index in [0.717, 1.165) is 88.9 Å². The second-order valence-corrected chi connectivity index (χ2v) is 12.4. The van der Waals surface area contributed by atoms with Crippen LogP contribution in [-0.4, -0.2) is 74.1 Å². The molecule has 240 valence electrons. The number of hydrogen-bond donors (Lipinski definition) is 2. The third-order valence-electron chi connectivity index (χ3n) is 9.43. The lowest BCUT2D eigenvalue weighted by atomic mass is 9.73. The maximum atomic E-state index is 13.4. The van der Waals surface area contributed by atoms with Crippen LogP contribution < -0.4 is 20.3 Å². The van der Waals surface area contributed by atoms with Gasteiger partial charge >= 0.3 is 6.18 Å². The average molecular weight is 616 g/mol. The molecule has 44 heavy (non-hydrogen) atoms. The first-order chi connectivity index (χ1) is 21.2. The largest absolute Gasteiger partial charge is 0.491 e. The number of nitrogens with zero attached hydrogens (tertiary/aromatic N) is 3. The molecule has 2 saturated heterocycles. The summed E-state index contributed by atoms with van der Waals surface area (Å²) in [5.74, 6) is 1.23. The fourth-order valence-electron chi connectivity index (χ4n) is 6.74. The first-order valence-corrected chi connectivity index (χ1v) is 16.0. The van der Waals surface area contributed by atoms with E-state index in [1.54, 1.807) is 0 Å². The molecule has 2 fully saturated rings. The Morgan fingerprint density at radius 3 is 2.64 bits per heavy atom. The Morgan fingerprint density at radius 2 is 1.86 bits per heavy atom. The summed E-state index contributed by atoms with van der Waals surface area (Å²) in [7, 11) is 0. The second-order valence-electron chi connectivity index (χ2n) is 12.4. The van der Waals surface area contributed by atoms with Crippen LogP contribution in [0.5, 0.6) is 5.75 Å². The van der Waals surface area contributed by atoms with Gasteiger partial charge in [-0.25, -0.2) is 4.98 Å². The molecule has 2 N–H and O–H groups in total. The molecule has 8 nitrogen and oxygen atoms in total. The van der Waals surface area contributed by atoms with Crippen molar-refractivity contribution < 1.29 is 27.5 Å². The van der Waals surface area contributed by atoms with Crippen LogP contribution in [0, 0.1) is 11.3 Å². The van der Waals surface area contributed by atoms with Crippen molar-refractivity contribution in [3.8, 4) is 5.75 Å². The zero-order valence-electron chi connectivity index (χ0n) is 25.3. The topological polar surface area (TPSA) is 86.8 Å². The van der Waals surface area contributed by atoms with Crippen LogP contribution in [0.1, 0.15) is 62.5 Å². The Bertz CT molecular complexity index is 1250. The van der Waals surface area contributed by atoms with Crippen LogP contribution in [0.2, 0.25) is 0 Å². The lowest BCUT2D eigenvalue weighted by Crippen LogP contribution is -2.51. The van der Waals surface area contributed by atoms with Crippen molar-refractivity contribution >= 4 is 17.6 Å². The lowest BCUT2D eigenvalue weighted by Gasteiger charge is -2.41. The van der Waals surface area contributed by atoms with Crippen LogP contribution >= 0.6 is 0 Å². The molecule has 2 aromatic rings. The van der Waals surface area contributed by atoms with Crippen molar-refractivity contribution in [2.24, 2.45) is 11.3 Å². The predicted molar refractivity (Wildman–Crippen MR) is 162 cm³/mol. The van der Waals surface area contributed by atoms with Crippen LogP contribution in [0.25, 0.3) is 0 Å². The van der Waals surface area contributed by atoms with Crippen LogP contribution in [0.15, 0.2) is 42.6 Å². The van der Waals surface area contributed by atoms with E-state index < -0.39 is 11.7 Å². The number of anilines is 1. The number of alkyl halides is 3. The fraction of sp³-hybridized carbons (Fsp3) is 0.606. The molecule has 1 spiro atoms. The van der Waals surface area contributed by atoms with Crippen LogP contribution in [0.3, 0.4) is 0 Å². The minimum atomic E-state index is -4.42. The number of halogens is 3. The summed E-state index contributed by atoms with van der Waals surface area (Å²) < 4.78 is 44.7. The zero-order valence-corrected chi connectivity index (χ0v) is 25.3. The van der Waals surface area contributed by atoms with Crippen LogP contribution in [-0.2, 0) is 22.2 Å². The molecule has 1 atom stereocenters. The van der Waals surface area contributed by atoms with E-state index in [1.807, 2.05) is 23.1 Å². The van der Waals surface area contributed by atoms with Gasteiger partial charge in [-0.15, -0.1) is 0 Å². The number of likely N-dealkylation sites (tertiary alicyclic amines) is 1. The van der Waals surface area contributed by atoms with Crippen molar-refractivity contribution in [3.63, 3.8) is 0 Å². The molecule has 11 heteroatoms. The Hall–Kier alpha value is -3.34. The molecule has 1 unspecified atom stereocenters. The Kier molecular flexibility index (Phi) is 10.7. The zero-order chi connectivity index (χ0) is 31.0. The summed E-state index contributed by atoms with van der Waals surface area (Å²) in [6, 6.07) is 10.6. The molecule has 3 aliphatic rings. The number of benzene rings is 1. The summed E-state index contributed by atoms with van der Waals surface area (Å²) in [6.45, 7) is 4.87. The van der Waals surface area contributed by atoms with E-state index in [-0.39, 0.29) is 23.1 Å². The number of amides is 2. The minimum absolute atomic E-state index is 0.0333. The number of pyridine rings is 1. The highest BCUT2D eigenvalue weighted by Gasteiger charge is 2.40. The third-order valence-corrected chi connectivity index (χ3v) is 9.43. The maximum Gasteiger partial charge on any atom is 0.417 e. The second kappa shape index (κ2) is 14.6. The van der Waals surface area contributed by atoms with E-state index in [9.17, 15) is 22.8 Å². The number of fused-ring (bicyclic) bond motifs is 1. The Labute approximate surface area is 257 Å². The molecule has 0 saturated carbocycles. The number of aromatic nitrogens is 1. The molecule has 2 amide bonds. The van der Waals surface area contributed by atoms with Crippen molar-refractivity contribution in [1.29, 1.82) is 0 Å². The highest BCUT2D eigenvalue weighted by Crippen LogP contribution is 2.37. The predicted octanol–water partition coefficient (Wildman–Crippen LogP) is 4.83. The van der Waals surface area contributed by atoms with E-state index in [4.69, 9.17) is 4.74 Å². The van der Waals surface area contributed by atoms with Crippen molar-refractivity contribution in [1.82, 2.24) is 20.5 Å². The summed E-state index contributed by atoms with van der Waals surface area (Å²) in [5.41, 5.74) is 0.0862. The van der Waals surface area contributed by atoms with Crippen molar-refractivity contribution in [3.05, 3.63) is 53.7 Å². The normalized spacial score (nSPS) is 22.0. The molecule has 1 aromatic carbocycles. The minimum Gasteiger partial charge on any atom is -0.491 e. The fourth-order valence-corrected chi connectivity index (χ4v) is 6.74. The smallest absolute Gasteiger partial charge is 0.417 e. The van der Waals surface area contributed by atoms with Crippen molar-refractivity contribution in [2.75, 3.05) is 57.3 Å². The number of aryl methyl sites for hydroxylation is 1. The van der Waals surface area contributed by atoms with Gasteiger partial charge < -0.3 is 25.2 Å². The van der Waals surface area contributed by atoms with E-state index >= 15 is 0 Å². The molecular weight excluding hydrogens is 571 g/mol. The molecular formula is C33H44F3N5O3. The highest BCUT2D eigenvalue weighted by molar-refractivity contribution is 5.82. The van der Waals surface area contributed by atoms with Gasteiger partial charge in [0.1, 0.15) is 18.2 Å². The molecule has 0 bridgehead atoms. The number of hydrogen-bond acceptors (Lipinski definition) is 6. The van der Waals surface area contributed by atoms with Gasteiger partial charge in [0.25, 0.3) is 0 Å². The number of carbonyl (C=O) groups is 2. The quantitative estimate of drug-likeness (QED) is 0.502. The number of ether oxygens (including phenoxy) is 1. The molecule has 4 heterocycles. The van der Waals surface area contributed by atoms with Gasteiger partial charge in [0, 0.05) is 32.4 Å². The van der Waals surface area contributed by atoms with Crippen LogP contribution in [0.4, 0.5) is 19.0 Å². The summed E-state index contributed by atoms with van der Waals surface area (Å²) in [4.78, 5) is 34.6. The van der Waals surface area contributed by atoms with Gasteiger partial charge in [0.15, 0.2) is 0 Å². The summed E-state index contributed by atoms with van der Waals surface area (Å²) in [6.07, 6.45) is 4.57. The van der Waals surface area contributed by atoms with Gasteiger partial charge in [-0.1, -0.05) is 31.0 Å². The van der Waals surface area contributed by atoms with Gasteiger partial charge in [-0.2, -0.15) is 13.2 Å². The summed E-state index contributed by atoms with van der Waals surface area (Å²) >= 11 is 0. The van der Waals surface area contributed by atoms with Gasteiger partial charge in [0.2, 0.25) is 11.8 Å². The van der Waals surface area contributed by atoms with Crippen molar-refractivity contribution in [2.45, 2.75) is 64.0 Å². The standard InChI is InChI=1S/C33H44F3N5O3/c34-33(35,36)27-11-12-29(39-23-27)41-18-6-9-26(24-41)30(42)37-16-21-40-19-14-32(15-20-40)13-5-1-2-7-25-8-3-4-10-28(25)44-22-17-38-31(32)43/h3-4,8,10-12,23,26H,1-2,5-7,9,13-22,24H2,(H,37,42)(H,38,43). The van der Waals surface area contributed by atoms with Gasteiger partial charge in [0.05, 0.1) is 23.4 Å². The monoisotopic (exact) mass is 615 g/mol. The van der Waals surface area contributed by atoms with Gasteiger partial charge in [-0.3, -0.25) is 9.59 Å². The SMILES string of the molecule is O=C(NCCN1CCC2(CCCCCc3ccccc3OCCNC2=O)CC1)C1CCCN(c2ccc(C(F)(F)F)cn2)C1. The Balaban J connectivity index is 1.06. The number of para-hydroxylation sites is 1. The molecule has 3 aliphatic heterocycles. The number of carbonyl (C=O) groups excluding carboxylic acids is 2.